The molecule has 1 N–H and O–H groups in total. The van der Waals surface area contributed by atoms with Gasteiger partial charge in [-0.25, -0.2) is 4.79 Å². The second kappa shape index (κ2) is 4.97. The predicted molar refractivity (Wildman–Crippen MR) is 54.4 cm³/mol. The van der Waals surface area contributed by atoms with Gasteiger partial charge in [0.15, 0.2) is 0 Å². The van der Waals surface area contributed by atoms with Crippen LogP contribution >= 0.6 is 0 Å². The Bertz CT molecular complexity index is 352. The van der Waals surface area contributed by atoms with Crippen molar-refractivity contribution in [3.8, 4) is 0 Å². The van der Waals surface area contributed by atoms with E-state index in [1.54, 1.807) is 6.08 Å². The summed E-state index contributed by atoms with van der Waals surface area (Å²) >= 11 is 0. The molecule has 0 aromatic heterocycles. The van der Waals surface area contributed by atoms with E-state index in [0.717, 1.165) is 5.56 Å². The van der Waals surface area contributed by atoms with Crippen molar-refractivity contribution in [1.29, 1.82) is 0 Å². The summed E-state index contributed by atoms with van der Waals surface area (Å²) in [4.78, 5) is 19.9. The zero-order valence-corrected chi connectivity index (χ0v) is 7.81. The van der Waals surface area contributed by atoms with Crippen LogP contribution in [0.25, 0.3) is 6.08 Å². The lowest BCUT2D eigenvalue weighted by molar-refractivity contribution is -0.133. The summed E-state index contributed by atoms with van der Waals surface area (Å²) in [5.74, 6) is -1.14. The van der Waals surface area contributed by atoms with Crippen LogP contribution in [0.5, 0.6) is 0 Å². The smallest absolute Gasteiger partial charge is 0.436 e. The molecule has 0 saturated heterocycles. The maximum atomic E-state index is 10.8. The molecule has 0 radical (unpaired) electrons. The third-order valence-corrected chi connectivity index (χ3v) is 1.63. The van der Waals surface area contributed by atoms with E-state index in [2.05, 4.69) is 4.74 Å². The highest BCUT2D eigenvalue weighted by Gasteiger charge is 2.16. The maximum Gasteiger partial charge on any atom is 0.436 e. The van der Waals surface area contributed by atoms with Crippen molar-refractivity contribution >= 4 is 17.8 Å². The molecule has 0 aliphatic carbocycles. The molecule has 1 aromatic carbocycles. The second-order valence-electron chi connectivity index (χ2n) is 2.62. The van der Waals surface area contributed by atoms with Crippen molar-refractivity contribution in [2.45, 2.75) is 0 Å². The van der Waals surface area contributed by atoms with E-state index in [4.69, 9.17) is 4.79 Å². The molecule has 0 bridgehead atoms. The molecule has 0 amide bonds. The van der Waals surface area contributed by atoms with Crippen molar-refractivity contribution in [2.24, 2.45) is 0 Å². The first-order chi connectivity index (χ1) is 6.74. The molecule has 0 aliphatic heterocycles. The monoisotopic (exact) mass is 191 g/mol. The molecule has 72 valence electrons. The molecule has 1 rings (SSSR count). The average Bonchev–Trinajstić information content (AvgIpc) is 2.26. The summed E-state index contributed by atoms with van der Waals surface area (Å²) in [5, 5.41) is 0. The van der Waals surface area contributed by atoms with Gasteiger partial charge < -0.3 is 4.74 Å². The molecule has 0 aliphatic rings. The van der Waals surface area contributed by atoms with Gasteiger partial charge in [0.1, 0.15) is 0 Å². The highest BCUT2D eigenvalue weighted by molar-refractivity contribution is 6.39. The Hall–Kier alpha value is -1.90. The van der Waals surface area contributed by atoms with Crippen LogP contribution in [0.1, 0.15) is 5.56 Å². The van der Waals surface area contributed by atoms with E-state index < -0.39 is 11.8 Å². The van der Waals surface area contributed by atoms with E-state index in [1.807, 2.05) is 30.3 Å². The molecule has 0 fully saturated rings. The molecule has 0 unspecified atom stereocenters. The van der Waals surface area contributed by atoms with Crippen LogP contribution in [-0.2, 0) is 9.53 Å². The fourth-order valence-electron chi connectivity index (χ4n) is 0.912. The highest BCUT2D eigenvalue weighted by Crippen LogP contribution is 2.00. The van der Waals surface area contributed by atoms with Gasteiger partial charge in [0.2, 0.25) is 0 Å². The molecule has 0 saturated carbocycles. The molecule has 1 aromatic rings. The lowest BCUT2D eigenvalue weighted by Gasteiger charge is -1.89. The van der Waals surface area contributed by atoms with Gasteiger partial charge in [0.25, 0.3) is 0 Å². The van der Waals surface area contributed by atoms with Crippen molar-refractivity contribution in [3.63, 3.8) is 0 Å². The number of hydrogen-bond donors (Lipinski definition) is 0. The van der Waals surface area contributed by atoms with Crippen LogP contribution in [0.2, 0.25) is 0 Å². The fourth-order valence-corrected chi connectivity index (χ4v) is 0.912. The summed E-state index contributed by atoms with van der Waals surface area (Å²) in [6, 6.07) is 9.35. The number of ether oxygens (including phenoxy) is 1. The van der Waals surface area contributed by atoms with Crippen LogP contribution < -0.4 is 0 Å². The van der Waals surface area contributed by atoms with E-state index in [1.165, 1.54) is 13.2 Å². The molecule has 0 heterocycles. The van der Waals surface area contributed by atoms with E-state index >= 15 is 0 Å². The summed E-state index contributed by atoms with van der Waals surface area (Å²) in [7, 11) is 1.22. The van der Waals surface area contributed by atoms with E-state index in [-0.39, 0.29) is 0 Å². The first-order valence-electron chi connectivity index (χ1n) is 4.11. The molecule has 3 nitrogen and oxygen atoms in total. The summed E-state index contributed by atoms with van der Waals surface area (Å²) < 4.78 is 4.32. The molecule has 0 spiro atoms. The number of rotatable bonds is 3. The number of hydrogen-bond acceptors (Lipinski definition) is 2. The third-order valence-electron chi connectivity index (χ3n) is 1.63. The van der Waals surface area contributed by atoms with Crippen LogP contribution in [0.4, 0.5) is 0 Å². The minimum absolute atomic E-state index is 0.406. The number of methoxy groups -OCH3 is 1. The normalized spacial score (nSPS) is 10.1. The SMILES string of the molecule is COC(=O)C(=[OH+])/C=C/c1ccccc1. The van der Waals surface area contributed by atoms with E-state index in [9.17, 15) is 4.79 Å². The Morgan fingerprint density at radius 3 is 2.57 bits per heavy atom. The minimum atomic E-state index is -0.739. The van der Waals surface area contributed by atoms with Crippen LogP contribution in [0.3, 0.4) is 0 Å². The zero-order chi connectivity index (χ0) is 10.4. The first kappa shape index (κ1) is 10.2. The Kier molecular flexibility index (Phi) is 3.61. The van der Waals surface area contributed by atoms with Gasteiger partial charge in [-0.05, 0) is 11.6 Å². The van der Waals surface area contributed by atoms with Gasteiger partial charge in [0.05, 0.1) is 13.2 Å². The van der Waals surface area contributed by atoms with Crippen molar-refractivity contribution in [3.05, 3.63) is 42.0 Å². The zero-order valence-electron chi connectivity index (χ0n) is 7.81. The highest BCUT2D eigenvalue weighted by atomic mass is 16.5. The standard InChI is InChI=1S/C11H10O3/c1-14-11(13)10(12)8-7-9-5-3-2-4-6-9/h2-8H,1H3/p+1/b8-7+. The Morgan fingerprint density at radius 2 is 2.00 bits per heavy atom. The number of esters is 1. The maximum absolute atomic E-state index is 10.8. The van der Waals surface area contributed by atoms with Crippen LogP contribution in [0, 0.1) is 0 Å². The van der Waals surface area contributed by atoms with Gasteiger partial charge in [0, 0.05) is 0 Å². The van der Waals surface area contributed by atoms with Gasteiger partial charge in [-0.2, -0.15) is 0 Å². The number of carbonyl (C=O) groups is 1. The molecule has 0 atom stereocenters. The van der Waals surface area contributed by atoms with Gasteiger partial charge >= 0.3 is 11.8 Å². The van der Waals surface area contributed by atoms with Crippen molar-refractivity contribution in [2.75, 3.05) is 7.11 Å². The molecule has 3 heteroatoms. The Labute approximate surface area is 82.0 Å². The lowest BCUT2D eigenvalue weighted by atomic mass is 10.2. The summed E-state index contributed by atoms with van der Waals surface area (Å²) in [5.41, 5.74) is 0.906. The predicted octanol–water partition coefficient (Wildman–Crippen LogP) is 1.42. The fraction of sp³-hybridized carbons (Fsp3) is 0.0909. The molecular formula is C11H11O3+. The first-order valence-corrected chi connectivity index (χ1v) is 4.11. The van der Waals surface area contributed by atoms with Gasteiger partial charge in [-0.1, -0.05) is 30.3 Å². The van der Waals surface area contributed by atoms with Crippen LogP contribution in [0.15, 0.2) is 36.4 Å². The summed E-state index contributed by atoms with van der Waals surface area (Å²) in [6.45, 7) is 0. The van der Waals surface area contributed by atoms with E-state index in [0.29, 0.717) is 0 Å². The van der Waals surface area contributed by atoms with Gasteiger partial charge in [-0.15, -0.1) is 0 Å². The topological polar surface area (TPSA) is 47.7 Å². The Morgan fingerprint density at radius 1 is 1.36 bits per heavy atom. The van der Waals surface area contributed by atoms with Crippen molar-refractivity contribution < 1.29 is 14.3 Å². The Balaban J connectivity index is 2.65. The van der Waals surface area contributed by atoms with Crippen molar-refractivity contribution in [1.82, 2.24) is 0 Å². The number of benzene rings is 1. The van der Waals surface area contributed by atoms with Gasteiger partial charge in [-0.3, -0.25) is 4.79 Å². The minimum Gasteiger partial charge on any atom is -0.459 e. The number of ketones is 1. The third kappa shape index (κ3) is 2.86. The average molecular weight is 191 g/mol. The largest absolute Gasteiger partial charge is 0.459 e. The summed E-state index contributed by atoms with van der Waals surface area (Å²) in [6.07, 6.45) is 2.94. The lowest BCUT2D eigenvalue weighted by Crippen LogP contribution is -2.12. The van der Waals surface area contributed by atoms with Crippen LogP contribution in [-0.4, -0.2) is 23.7 Å². The second-order valence-corrected chi connectivity index (χ2v) is 2.62. The molecular weight excluding hydrogens is 180 g/mol. The molecule has 14 heavy (non-hydrogen) atoms. The number of carbonyl (C=O) groups excluding carboxylic acids is 2. The quantitative estimate of drug-likeness (QED) is 0.314.